The first kappa shape index (κ1) is 12.7. The van der Waals surface area contributed by atoms with Crippen molar-refractivity contribution in [3.63, 3.8) is 0 Å². The molecule has 1 heteroatoms. The van der Waals surface area contributed by atoms with Crippen molar-refractivity contribution in [1.82, 2.24) is 5.32 Å². The molecule has 1 nitrogen and oxygen atoms in total. The van der Waals surface area contributed by atoms with Crippen LogP contribution in [-0.4, -0.2) is 6.54 Å². The Hall–Kier alpha value is -0.820. The van der Waals surface area contributed by atoms with Crippen molar-refractivity contribution in [1.29, 1.82) is 0 Å². The van der Waals surface area contributed by atoms with E-state index in [0.29, 0.717) is 11.5 Å². The van der Waals surface area contributed by atoms with Crippen LogP contribution in [0.4, 0.5) is 0 Å². The summed E-state index contributed by atoms with van der Waals surface area (Å²) in [6.07, 6.45) is 7.09. The zero-order chi connectivity index (χ0) is 14.3. The van der Waals surface area contributed by atoms with Crippen LogP contribution < -0.4 is 5.32 Å². The number of hydrogen-bond acceptors (Lipinski definition) is 1. The second-order valence-corrected chi connectivity index (χ2v) is 8.48. The van der Waals surface area contributed by atoms with Crippen LogP contribution in [0.5, 0.6) is 0 Å². The minimum Gasteiger partial charge on any atom is -0.309 e. The lowest BCUT2D eigenvalue weighted by Gasteiger charge is -2.63. The topological polar surface area (TPSA) is 12.0 Å². The maximum Gasteiger partial charge on any atom is 0.0320 e. The van der Waals surface area contributed by atoms with E-state index in [2.05, 4.69) is 49.5 Å². The summed E-state index contributed by atoms with van der Waals surface area (Å²) in [5.74, 6) is 2.23. The predicted octanol–water partition coefficient (Wildman–Crippen LogP) is 4.55. The summed E-state index contributed by atoms with van der Waals surface area (Å²) < 4.78 is 0. The maximum absolute atomic E-state index is 3.99. The van der Waals surface area contributed by atoms with Crippen molar-refractivity contribution in [2.45, 2.75) is 52.0 Å². The number of nitrogens with one attached hydrogen (secondary N) is 1. The van der Waals surface area contributed by atoms with Gasteiger partial charge < -0.3 is 5.32 Å². The molecule has 4 fully saturated rings. The standard InChI is InChI=1S/C20H27N/c1-3-7-16(14-8-5-4-6-9-14)21-13-19-11-10-15(19)17-18(2)12-20(17,18)19/h4-6,8-9,15-17,21H,3,7,10-13H2,1-2H3/t15?,16-,17?,18?,19?,20?/m0/s1. The van der Waals surface area contributed by atoms with Crippen LogP contribution in [0.15, 0.2) is 30.3 Å². The van der Waals surface area contributed by atoms with E-state index in [1.54, 1.807) is 6.42 Å². The molecule has 0 aliphatic heterocycles. The summed E-state index contributed by atoms with van der Waals surface area (Å²) >= 11 is 0. The smallest absolute Gasteiger partial charge is 0.0320 e. The predicted molar refractivity (Wildman–Crippen MR) is 85.9 cm³/mol. The molecule has 0 bridgehead atoms. The second kappa shape index (κ2) is 3.74. The summed E-state index contributed by atoms with van der Waals surface area (Å²) in [4.78, 5) is 0. The molecule has 4 aliphatic carbocycles. The monoisotopic (exact) mass is 281 g/mol. The van der Waals surface area contributed by atoms with Gasteiger partial charge in [0.2, 0.25) is 0 Å². The van der Waals surface area contributed by atoms with Crippen molar-refractivity contribution >= 4 is 0 Å². The second-order valence-electron chi connectivity index (χ2n) is 8.48. The Kier molecular flexibility index (Phi) is 2.26. The third-order valence-electron chi connectivity index (χ3n) is 8.02. The first-order chi connectivity index (χ1) is 10.2. The van der Waals surface area contributed by atoms with Crippen molar-refractivity contribution in [2.24, 2.45) is 28.1 Å². The largest absolute Gasteiger partial charge is 0.309 e. The van der Waals surface area contributed by atoms with Crippen molar-refractivity contribution in [2.75, 3.05) is 6.54 Å². The average molecular weight is 281 g/mol. The van der Waals surface area contributed by atoms with E-state index in [4.69, 9.17) is 0 Å². The highest BCUT2D eigenvalue weighted by Crippen LogP contribution is 3.08. The van der Waals surface area contributed by atoms with Crippen LogP contribution >= 0.6 is 0 Å². The molecule has 4 aliphatic rings. The average Bonchev–Trinajstić information content (AvgIpc) is 3.27. The van der Waals surface area contributed by atoms with Crippen LogP contribution in [0.1, 0.15) is 57.6 Å². The first-order valence-corrected chi connectivity index (χ1v) is 8.98. The van der Waals surface area contributed by atoms with Gasteiger partial charge in [-0.2, -0.15) is 0 Å². The van der Waals surface area contributed by atoms with E-state index in [1.165, 1.54) is 37.8 Å². The molecule has 4 saturated carbocycles. The fourth-order valence-electron chi connectivity index (χ4n) is 6.91. The number of benzene rings is 1. The van der Waals surface area contributed by atoms with Gasteiger partial charge in [0.05, 0.1) is 0 Å². The molecule has 5 rings (SSSR count). The minimum absolute atomic E-state index is 0.561. The van der Waals surface area contributed by atoms with Crippen molar-refractivity contribution in [3.8, 4) is 0 Å². The van der Waals surface area contributed by atoms with Gasteiger partial charge in [-0.1, -0.05) is 50.6 Å². The molecular weight excluding hydrogens is 254 g/mol. The Balaban J connectivity index is 1.31. The van der Waals surface area contributed by atoms with Crippen LogP contribution in [0.2, 0.25) is 0 Å². The fourth-order valence-corrected chi connectivity index (χ4v) is 6.91. The Morgan fingerprint density at radius 2 is 2.10 bits per heavy atom. The minimum atomic E-state index is 0.561. The fraction of sp³-hybridized carbons (Fsp3) is 0.700. The highest BCUT2D eigenvalue weighted by atomic mass is 15.1. The van der Waals surface area contributed by atoms with Gasteiger partial charge in [0, 0.05) is 12.6 Å². The lowest BCUT2D eigenvalue weighted by molar-refractivity contribution is -0.144. The molecule has 0 radical (unpaired) electrons. The number of rotatable bonds is 6. The van der Waals surface area contributed by atoms with E-state index < -0.39 is 0 Å². The highest BCUT2D eigenvalue weighted by Gasteiger charge is 3.04. The molecule has 0 aromatic heterocycles. The summed E-state index contributed by atoms with van der Waals surface area (Å²) in [6, 6.07) is 11.6. The van der Waals surface area contributed by atoms with Gasteiger partial charge in [0.25, 0.3) is 0 Å². The molecule has 0 saturated heterocycles. The Labute approximate surface area is 128 Å². The first-order valence-electron chi connectivity index (χ1n) is 8.98. The van der Waals surface area contributed by atoms with E-state index in [9.17, 15) is 0 Å². The molecule has 0 heterocycles. The molecule has 112 valence electrons. The van der Waals surface area contributed by atoms with Gasteiger partial charge >= 0.3 is 0 Å². The summed E-state index contributed by atoms with van der Waals surface area (Å²) in [5.41, 5.74) is 3.81. The SMILES string of the molecule is CCC[C@H](NCC12CCC1C1C3(C)CC132)c1ccccc1. The molecule has 0 amide bonds. The van der Waals surface area contributed by atoms with Crippen molar-refractivity contribution in [3.05, 3.63) is 35.9 Å². The van der Waals surface area contributed by atoms with Gasteiger partial charge in [-0.3, -0.25) is 0 Å². The Morgan fingerprint density at radius 1 is 1.29 bits per heavy atom. The van der Waals surface area contributed by atoms with Gasteiger partial charge in [-0.25, -0.2) is 0 Å². The van der Waals surface area contributed by atoms with Crippen LogP contribution in [0.25, 0.3) is 0 Å². The van der Waals surface area contributed by atoms with Gasteiger partial charge in [-0.15, -0.1) is 0 Å². The quantitative estimate of drug-likeness (QED) is 0.806. The molecule has 1 aromatic carbocycles. The third kappa shape index (κ3) is 1.22. The Bertz CT molecular complexity index is 581. The van der Waals surface area contributed by atoms with Crippen molar-refractivity contribution < 1.29 is 0 Å². The summed E-state index contributed by atoms with van der Waals surface area (Å²) in [7, 11) is 0. The molecule has 21 heavy (non-hydrogen) atoms. The maximum atomic E-state index is 3.99. The van der Waals surface area contributed by atoms with Crippen LogP contribution in [0, 0.1) is 28.1 Å². The Morgan fingerprint density at radius 3 is 2.67 bits per heavy atom. The molecular formula is C20H27N. The van der Waals surface area contributed by atoms with E-state index >= 15 is 0 Å². The third-order valence-corrected chi connectivity index (χ3v) is 8.02. The lowest BCUT2D eigenvalue weighted by atomic mass is 9.42. The van der Waals surface area contributed by atoms with Gasteiger partial charge in [0.15, 0.2) is 0 Å². The van der Waals surface area contributed by atoms with Gasteiger partial charge in [-0.05, 0) is 59.3 Å². The number of fused-ring (bicyclic) bond motifs is 3. The van der Waals surface area contributed by atoms with E-state index in [1.807, 2.05) is 0 Å². The highest BCUT2D eigenvalue weighted by molar-refractivity contribution is 5.51. The summed E-state index contributed by atoms with van der Waals surface area (Å²) in [6.45, 7) is 6.15. The summed E-state index contributed by atoms with van der Waals surface area (Å²) in [5, 5.41) is 3.99. The number of hydrogen-bond donors (Lipinski definition) is 1. The van der Waals surface area contributed by atoms with E-state index in [-0.39, 0.29) is 0 Å². The zero-order valence-electron chi connectivity index (χ0n) is 13.4. The lowest BCUT2D eigenvalue weighted by Crippen LogP contribution is -2.61. The van der Waals surface area contributed by atoms with E-state index in [0.717, 1.165) is 22.7 Å². The normalized spacial score (nSPS) is 49.0. The van der Waals surface area contributed by atoms with Crippen LogP contribution in [-0.2, 0) is 0 Å². The van der Waals surface area contributed by atoms with Crippen LogP contribution in [0.3, 0.4) is 0 Å². The molecule has 1 N–H and O–H groups in total. The molecule has 6 atom stereocenters. The zero-order valence-corrected chi connectivity index (χ0v) is 13.4. The molecule has 1 aromatic rings. The van der Waals surface area contributed by atoms with Gasteiger partial charge in [0.1, 0.15) is 0 Å². The molecule has 1 spiro atoms. The molecule has 5 unspecified atom stereocenters.